The first kappa shape index (κ1) is 15.8. The summed E-state index contributed by atoms with van der Waals surface area (Å²) in [7, 11) is 0. The molecule has 0 aliphatic carbocycles. The summed E-state index contributed by atoms with van der Waals surface area (Å²) >= 11 is 0. The highest BCUT2D eigenvalue weighted by molar-refractivity contribution is 5.67. The first-order valence-electron chi connectivity index (χ1n) is 7.29. The van der Waals surface area contributed by atoms with Gasteiger partial charge in [0, 0.05) is 19.1 Å². The van der Waals surface area contributed by atoms with Crippen LogP contribution < -0.4 is 4.74 Å². The van der Waals surface area contributed by atoms with Crippen molar-refractivity contribution in [2.24, 2.45) is 0 Å². The van der Waals surface area contributed by atoms with E-state index < -0.39 is 5.97 Å². The molecule has 1 saturated heterocycles. The summed E-state index contributed by atoms with van der Waals surface area (Å²) in [6, 6.07) is 6.08. The van der Waals surface area contributed by atoms with Crippen molar-refractivity contribution < 1.29 is 19.4 Å². The van der Waals surface area contributed by atoms with E-state index in [1.54, 1.807) is 0 Å². The first-order valence-corrected chi connectivity index (χ1v) is 7.29. The molecule has 1 heterocycles. The number of rotatable bonds is 6. The summed E-state index contributed by atoms with van der Waals surface area (Å²) < 4.78 is 11.2. The summed E-state index contributed by atoms with van der Waals surface area (Å²) in [5, 5.41) is 8.93. The second-order valence-corrected chi connectivity index (χ2v) is 5.53. The van der Waals surface area contributed by atoms with Crippen LogP contribution in [0.2, 0.25) is 0 Å². The molecule has 5 nitrogen and oxygen atoms in total. The van der Waals surface area contributed by atoms with Crippen molar-refractivity contribution in [1.29, 1.82) is 0 Å². The van der Waals surface area contributed by atoms with Crippen molar-refractivity contribution >= 4 is 5.97 Å². The number of hydrogen-bond acceptors (Lipinski definition) is 4. The van der Waals surface area contributed by atoms with E-state index in [1.165, 1.54) is 11.1 Å². The Balaban J connectivity index is 1.84. The lowest BCUT2D eigenvalue weighted by atomic mass is 10.1. The molecule has 116 valence electrons. The van der Waals surface area contributed by atoms with E-state index in [0.717, 1.165) is 12.3 Å². The number of carbonyl (C=O) groups is 1. The van der Waals surface area contributed by atoms with Gasteiger partial charge in [-0.15, -0.1) is 0 Å². The van der Waals surface area contributed by atoms with E-state index >= 15 is 0 Å². The van der Waals surface area contributed by atoms with Crippen molar-refractivity contribution in [3.05, 3.63) is 29.3 Å². The van der Waals surface area contributed by atoms with E-state index in [1.807, 2.05) is 26.0 Å². The van der Waals surface area contributed by atoms with Crippen LogP contribution in [0.5, 0.6) is 5.75 Å². The molecule has 0 bridgehead atoms. The first-order chi connectivity index (χ1) is 10.0. The van der Waals surface area contributed by atoms with Gasteiger partial charge in [0.1, 0.15) is 12.4 Å². The SMILES string of the molecule is Cc1cc(C)cc(OCCN2CCOCC2CC(=O)O)c1. The molecule has 1 fully saturated rings. The Hall–Kier alpha value is -1.59. The second kappa shape index (κ2) is 7.43. The summed E-state index contributed by atoms with van der Waals surface area (Å²) in [6.07, 6.45) is 0.115. The average molecular weight is 293 g/mol. The lowest BCUT2D eigenvalue weighted by Crippen LogP contribution is -2.47. The molecule has 0 radical (unpaired) electrons. The fraction of sp³-hybridized carbons (Fsp3) is 0.562. The smallest absolute Gasteiger partial charge is 0.305 e. The molecule has 0 spiro atoms. The minimum Gasteiger partial charge on any atom is -0.492 e. The summed E-state index contributed by atoms with van der Waals surface area (Å²) in [4.78, 5) is 13.0. The summed E-state index contributed by atoms with van der Waals surface area (Å²) in [5.41, 5.74) is 2.36. The molecule has 0 amide bonds. The molecular weight excluding hydrogens is 270 g/mol. The molecule has 0 aromatic heterocycles. The summed E-state index contributed by atoms with van der Waals surface area (Å²) in [5.74, 6) is 0.0845. The topological polar surface area (TPSA) is 59.0 Å². The maximum absolute atomic E-state index is 10.9. The van der Waals surface area contributed by atoms with Crippen molar-refractivity contribution in [2.45, 2.75) is 26.3 Å². The highest BCUT2D eigenvalue weighted by atomic mass is 16.5. The van der Waals surface area contributed by atoms with Crippen molar-refractivity contribution in [3.63, 3.8) is 0 Å². The molecule has 1 aromatic rings. The Labute approximate surface area is 125 Å². The monoisotopic (exact) mass is 293 g/mol. The Morgan fingerprint density at radius 1 is 1.38 bits per heavy atom. The van der Waals surface area contributed by atoms with Gasteiger partial charge < -0.3 is 14.6 Å². The lowest BCUT2D eigenvalue weighted by Gasteiger charge is -2.34. The lowest BCUT2D eigenvalue weighted by molar-refractivity contribution is -0.140. The largest absolute Gasteiger partial charge is 0.492 e. The second-order valence-electron chi connectivity index (χ2n) is 5.53. The van der Waals surface area contributed by atoms with Gasteiger partial charge >= 0.3 is 5.97 Å². The number of nitrogens with zero attached hydrogens (tertiary/aromatic N) is 1. The Kier molecular flexibility index (Phi) is 5.59. The third-order valence-corrected chi connectivity index (χ3v) is 3.60. The van der Waals surface area contributed by atoms with Crippen molar-refractivity contribution in [3.8, 4) is 5.75 Å². The maximum Gasteiger partial charge on any atom is 0.305 e. The predicted molar refractivity (Wildman–Crippen MR) is 79.8 cm³/mol. The van der Waals surface area contributed by atoms with Gasteiger partial charge in [-0.1, -0.05) is 6.07 Å². The number of aryl methyl sites for hydroxylation is 2. The third-order valence-electron chi connectivity index (χ3n) is 3.60. The van der Waals surface area contributed by atoms with E-state index in [4.69, 9.17) is 14.6 Å². The quantitative estimate of drug-likeness (QED) is 0.867. The standard InChI is InChI=1S/C16H23NO4/c1-12-7-13(2)9-15(8-12)21-6-4-17-3-5-20-11-14(17)10-16(18)19/h7-9,14H,3-6,10-11H2,1-2H3,(H,18,19). The number of carboxylic acids is 1. The maximum atomic E-state index is 10.9. The van der Waals surface area contributed by atoms with Crippen LogP contribution in [-0.2, 0) is 9.53 Å². The zero-order valence-corrected chi connectivity index (χ0v) is 12.7. The van der Waals surface area contributed by atoms with Crippen LogP contribution in [0.3, 0.4) is 0 Å². The molecule has 1 atom stereocenters. The molecule has 21 heavy (non-hydrogen) atoms. The molecule has 1 aliphatic rings. The van der Waals surface area contributed by atoms with Crippen molar-refractivity contribution in [1.82, 2.24) is 4.90 Å². The molecule has 1 N–H and O–H groups in total. The fourth-order valence-electron chi connectivity index (χ4n) is 2.67. The third kappa shape index (κ3) is 5.02. The van der Waals surface area contributed by atoms with Gasteiger partial charge in [-0.25, -0.2) is 0 Å². The van der Waals surface area contributed by atoms with Gasteiger partial charge in [0.25, 0.3) is 0 Å². The van der Waals surface area contributed by atoms with Crippen LogP contribution in [0, 0.1) is 13.8 Å². The Bertz CT molecular complexity index is 469. The van der Waals surface area contributed by atoms with Gasteiger partial charge in [0.05, 0.1) is 19.6 Å². The van der Waals surface area contributed by atoms with E-state index in [2.05, 4.69) is 11.0 Å². The molecule has 0 saturated carbocycles. The molecule has 1 aliphatic heterocycles. The molecule has 2 rings (SSSR count). The molecule has 5 heteroatoms. The van der Waals surface area contributed by atoms with E-state index in [0.29, 0.717) is 26.4 Å². The number of carboxylic acid groups (broad SMARTS) is 1. The van der Waals surface area contributed by atoms with Crippen LogP contribution >= 0.6 is 0 Å². The zero-order valence-electron chi connectivity index (χ0n) is 12.7. The number of morpholine rings is 1. The predicted octanol–water partition coefficient (Wildman–Crippen LogP) is 1.86. The number of benzene rings is 1. The van der Waals surface area contributed by atoms with Gasteiger partial charge in [-0.2, -0.15) is 0 Å². The van der Waals surface area contributed by atoms with Crippen LogP contribution in [-0.4, -0.2) is 54.9 Å². The average Bonchev–Trinajstić information content (AvgIpc) is 2.39. The normalized spacial score (nSPS) is 19.4. The highest BCUT2D eigenvalue weighted by Gasteiger charge is 2.24. The number of aliphatic carboxylic acids is 1. The van der Waals surface area contributed by atoms with Crippen LogP contribution in [0.15, 0.2) is 18.2 Å². The van der Waals surface area contributed by atoms with Crippen molar-refractivity contribution in [2.75, 3.05) is 32.9 Å². The van der Waals surface area contributed by atoms with E-state index in [9.17, 15) is 4.79 Å². The minimum absolute atomic E-state index is 0.0564. The summed E-state index contributed by atoms with van der Waals surface area (Å²) in [6.45, 7) is 7.26. The van der Waals surface area contributed by atoms with Gasteiger partial charge in [0.15, 0.2) is 0 Å². The number of ether oxygens (including phenoxy) is 2. The van der Waals surface area contributed by atoms with Crippen LogP contribution in [0.25, 0.3) is 0 Å². The van der Waals surface area contributed by atoms with Gasteiger partial charge in [-0.3, -0.25) is 9.69 Å². The van der Waals surface area contributed by atoms with Crippen LogP contribution in [0.1, 0.15) is 17.5 Å². The Morgan fingerprint density at radius 2 is 2.10 bits per heavy atom. The number of hydrogen-bond donors (Lipinski definition) is 1. The highest BCUT2D eigenvalue weighted by Crippen LogP contribution is 2.16. The van der Waals surface area contributed by atoms with Gasteiger partial charge in [-0.05, 0) is 37.1 Å². The minimum atomic E-state index is -0.786. The zero-order chi connectivity index (χ0) is 15.2. The Morgan fingerprint density at radius 3 is 2.76 bits per heavy atom. The fourth-order valence-corrected chi connectivity index (χ4v) is 2.67. The molecule has 1 aromatic carbocycles. The van der Waals surface area contributed by atoms with Crippen LogP contribution in [0.4, 0.5) is 0 Å². The molecular formula is C16H23NO4. The van der Waals surface area contributed by atoms with E-state index in [-0.39, 0.29) is 12.5 Å². The molecule has 1 unspecified atom stereocenters. The van der Waals surface area contributed by atoms with Gasteiger partial charge in [0.2, 0.25) is 0 Å².